The fraction of sp³-hybridized carbons (Fsp3) is 0.231. The lowest BCUT2D eigenvalue weighted by Gasteiger charge is -2.37. The number of rotatable bonds is 8. The third-order valence-electron chi connectivity index (χ3n) is 6.07. The number of nitroso groups, excluding NO2 is 1. The first-order chi connectivity index (χ1) is 17.4. The zero-order chi connectivity index (χ0) is 25.7. The lowest BCUT2D eigenvalue weighted by Crippen LogP contribution is -2.46. The van der Waals surface area contributed by atoms with Crippen molar-refractivity contribution in [1.82, 2.24) is 4.72 Å². The third-order valence-corrected chi connectivity index (χ3v) is 6.85. The van der Waals surface area contributed by atoms with Gasteiger partial charge in [0.05, 0.1) is 0 Å². The highest BCUT2D eigenvalue weighted by molar-refractivity contribution is 7.98. The number of benzene rings is 3. The summed E-state index contributed by atoms with van der Waals surface area (Å²) in [5.41, 5.74) is 2.83. The van der Waals surface area contributed by atoms with E-state index in [0.717, 1.165) is 67.4 Å². The summed E-state index contributed by atoms with van der Waals surface area (Å²) in [6.45, 7) is 4.80. The number of phenols is 1. The van der Waals surface area contributed by atoms with Crippen molar-refractivity contribution < 1.29 is 19.1 Å². The van der Waals surface area contributed by atoms with E-state index in [9.17, 15) is 24.0 Å². The smallest absolute Gasteiger partial charge is 0.261 e. The normalized spacial score (nSPS) is 14.3. The molecule has 0 saturated carbocycles. The van der Waals surface area contributed by atoms with E-state index < -0.39 is 5.82 Å². The molecule has 1 atom stereocenters. The highest BCUT2D eigenvalue weighted by atomic mass is 32.2. The van der Waals surface area contributed by atoms with Gasteiger partial charge in [0.1, 0.15) is 17.7 Å². The summed E-state index contributed by atoms with van der Waals surface area (Å²) in [6.07, 6.45) is 0.864. The molecule has 36 heavy (non-hydrogen) atoms. The molecule has 2 N–H and O–H groups in total. The van der Waals surface area contributed by atoms with Crippen LogP contribution in [0, 0.1) is 10.7 Å². The number of piperazine rings is 1. The van der Waals surface area contributed by atoms with Gasteiger partial charge in [-0.15, -0.1) is 4.91 Å². The Morgan fingerprint density at radius 2 is 1.69 bits per heavy atom. The van der Waals surface area contributed by atoms with E-state index in [1.807, 2.05) is 18.2 Å². The number of anilines is 2. The van der Waals surface area contributed by atoms with Gasteiger partial charge in [-0.1, -0.05) is 6.92 Å². The minimum Gasteiger partial charge on any atom is -0.508 e. The minimum absolute atomic E-state index is 0.144. The molecule has 1 fully saturated rings. The quantitative estimate of drug-likeness (QED) is 0.251. The maximum atomic E-state index is 13.4. The van der Waals surface area contributed by atoms with Gasteiger partial charge in [0.2, 0.25) is 0 Å². The summed E-state index contributed by atoms with van der Waals surface area (Å²) in [6, 6.07) is 16.4. The highest BCUT2D eigenvalue weighted by Crippen LogP contribution is 2.29. The van der Waals surface area contributed by atoms with Crippen molar-refractivity contribution in [3.63, 3.8) is 0 Å². The average molecular weight is 509 g/mol. The Bertz CT molecular complexity index is 1260. The number of amides is 1. The molecule has 0 aliphatic carbocycles. The molecule has 0 aromatic heterocycles. The van der Waals surface area contributed by atoms with Gasteiger partial charge in [-0.25, -0.2) is 4.39 Å². The average Bonchev–Trinajstić information content (AvgIpc) is 2.91. The molecule has 1 aliphatic rings. The van der Waals surface area contributed by atoms with Gasteiger partial charge in [0.15, 0.2) is 5.82 Å². The topological polar surface area (TPSA) is 102 Å². The fourth-order valence-corrected chi connectivity index (χ4v) is 4.61. The van der Waals surface area contributed by atoms with Crippen LogP contribution >= 0.6 is 11.9 Å². The van der Waals surface area contributed by atoms with Gasteiger partial charge in [0, 0.05) is 60.0 Å². The number of nitrogens with zero attached hydrogens (tertiary/aromatic N) is 3. The number of hydrogen-bond donors (Lipinski definition) is 2. The third kappa shape index (κ3) is 5.83. The summed E-state index contributed by atoms with van der Waals surface area (Å²) >= 11 is 0.979. The molecular weight excluding hydrogens is 483 g/mol. The Hall–Kier alpha value is -3.92. The molecular formula is C26H25FN4O4S. The maximum absolute atomic E-state index is 13.4. The first kappa shape index (κ1) is 25.2. The number of carbonyl (C=O) groups excluding carboxylic acids is 2. The molecule has 1 saturated heterocycles. The van der Waals surface area contributed by atoms with E-state index in [4.69, 9.17) is 0 Å². The van der Waals surface area contributed by atoms with Gasteiger partial charge in [-0.2, -0.15) is 0 Å². The SMILES string of the molecule is CC(C=O)c1cc(O)cc(N2CCN(c3ccc(C(=O)NSc4ccc(F)c(N=O)c4)cc3)CC2)c1. The maximum Gasteiger partial charge on any atom is 0.261 e. The fourth-order valence-electron chi connectivity index (χ4n) is 3.98. The van der Waals surface area contributed by atoms with Crippen molar-refractivity contribution in [2.45, 2.75) is 17.7 Å². The van der Waals surface area contributed by atoms with Gasteiger partial charge in [-0.05, 0) is 77.3 Å². The van der Waals surface area contributed by atoms with Crippen LogP contribution in [0.15, 0.2) is 70.7 Å². The van der Waals surface area contributed by atoms with E-state index in [2.05, 4.69) is 19.7 Å². The van der Waals surface area contributed by atoms with Crippen molar-refractivity contribution in [2.24, 2.45) is 5.18 Å². The van der Waals surface area contributed by atoms with Gasteiger partial charge < -0.3 is 19.7 Å². The van der Waals surface area contributed by atoms with Crippen LogP contribution in [-0.2, 0) is 4.79 Å². The Balaban J connectivity index is 1.33. The predicted molar refractivity (Wildman–Crippen MR) is 139 cm³/mol. The largest absolute Gasteiger partial charge is 0.508 e. The van der Waals surface area contributed by atoms with E-state index >= 15 is 0 Å². The van der Waals surface area contributed by atoms with Crippen molar-refractivity contribution >= 4 is 41.2 Å². The zero-order valence-electron chi connectivity index (χ0n) is 19.6. The molecule has 1 amide bonds. The van der Waals surface area contributed by atoms with Crippen LogP contribution in [0.3, 0.4) is 0 Å². The van der Waals surface area contributed by atoms with Crippen LogP contribution in [-0.4, -0.2) is 43.5 Å². The van der Waals surface area contributed by atoms with Crippen LogP contribution in [0.4, 0.5) is 21.5 Å². The summed E-state index contributed by atoms with van der Waals surface area (Å²) in [4.78, 5) is 39.2. The van der Waals surface area contributed by atoms with Crippen molar-refractivity contribution in [1.29, 1.82) is 0 Å². The van der Waals surface area contributed by atoms with E-state index in [0.29, 0.717) is 10.5 Å². The summed E-state index contributed by atoms with van der Waals surface area (Å²) < 4.78 is 16.1. The van der Waals surface area contributed by atoms with Crippen LogP contribution in [0.2, 0.25) is 0 Å². The number of nitrogens with one attached hydrogen (secondary N) is 1. The summed E-state index contributed by atoms with van der Waals surface area (Å²) in [5, 5.41) is 12.7. The summed E-state index contributed by atoms with van der Waals surface area (Å²) in [5.74, 6) is -1.17. The molecule has 3 aromatic carbocycles. The Kier molecular flexibility index (Phi) is 7.84. The lowest BCUT2D eigenvalue weighted by atomic mass is 10.0. The minimum atomic E-state index is -0.712. The van der Waals surface area contributed by atoms with Crippen LogP contribution in [0.25, 0.3) is 0 Å². The lowest BCUT2D eigenvalue weighted by molar-refractivity contribution is -0.108. The molecule has 10 heteroatoms. The second-order valence-electron chi connectivity index (χ2n) is 8.47. The van der Waals surface area contributed by atoms with Gasteiger partial charge >= 0.3 is 0 Å². The van der Waals surface area contributed by atoms with Crippen LogP contribution in [0.5, 0.6) is 5.75 Å². The van der Waals surface area contributed by atoms with Crippen molar-refractivity contribution in [3.8, 4) is 5.75 Å². The van der Waals surface area contributed by atoms with Gasteiger partial charge in [-0.3, -0.25) is 9.52 Å². The molecule has 3 aromatic rings. The summed E-state index contributed by atoms with van der Waals surface area (Å²) in [7, 11) is 0. The Morgan fingerprint density at radius 1 is 1.03 bits per heavy atom. The Morgan fingerprint density at radius 3 is 2.33 bits per heavy atom. The number of hydrogen-bond acceptors (Lipinski definition) is 8. The molecule has 186 valence electrons. The number of phenolic OH excluding ortho intramolecular Hbond substituents is 1. The molecule has 1 unspecified atom stereocenters. The number of halogens is 1. The monoisotopic (exact) mass is 508 g/mol. The number of aromatic hydroxyl groups is 1. The molecule has 4 rings (SSSR count). The van der Waals surface area contributed by atoms with Crippen LogP contribution in [0.1, 0.15) is 28.8 Å². The van der Waals surface area contributed by atoms with E-state index in [1.165, 1.54) is 12.1 Å². The number of carbonyl (C=O) groups is 2. The first-order valence-electron chi connectivity index (χ1n) is 11.4. The second kappa shape index (κ2) is 11.2. The molecule has 8 nitrogen and oxygen atoms in total. The van der Waals surface area contributed by atoms with E-state index in [1.54, 1.807) is 31.2 Å². The molecule has 0 radical (unpaired) electrons. The first-order valence-corrected chi connectivity index (χ1v) is 12.2. The van der Waals surface area contributed by atoms with Crippen molar-refractivity contribution in [2.75, 3.05) is 36.0 Å². The number of aldehydes is 1. The standard InChI is InChI=1S/C26H25FN4O4S/c1-17(16-32)19-12-21(14-22(33)13-19)31-10-8-30(9-11-31)20-4-2-18(3-5-20)26(34)29-36-23-6-7-24(27)25(15-23)28-35/h2-7,12-17,33H,8-11H2,1H3,(H,29,34). The van der Waals surface area contributed by atoms with E-state index in [-0.39, 0.29) is 23.3 Å². The highest BCUT2D eigenvalue weighted by Gasteiger charge is 2.20. The zero-order valence-corrected chi connectivity index (χ0v) is 20.4. The Labute approximate surface area is 212 Å². The predicted octanol–water partition coefficient (Wildman–Crippen LogP) is 5.00. The second-order valence-corrected chi connectivity index (χ2v) is 9.35. The molecule has 1 heterocycles. The molecule has 0 bridgehead atoms. The van der Waals surface area contributed by atoms with Crippen LogP contribution < -0.4 is 14.5 Å². The molecule has 1 aliphatic heterocycles. The van der Waals surface area contributed by atoms with Gasteiger partial charge in [0.25, 0.3) is 5.91 Å². The van der Waals surface area contributed by atoms with Crippen molar-refractivity contribution in [3.05, 3.63) is 82.5 Å². The molecule has 0 spiro atoms.